The molecule has 6 heteroatoms. The Kier molecular flexibility index (Phi) is 7.07. The van der Waals surface area contributed by atoms with E-state index in [1.807, 2.05) is 13.1 Å². The maximum Gasteiger partial charge on any atom is 0.244 e. The first-order chi connectivity index (χ1) is 16.5. The van der Waals surface area contributed by atoms with E-state index < -0.39 is 5.54 Å². The number of benzene rings is 1. The third-order valence-corrected chi connectivity index (χ3v) is 8.65. The van der Waals surface area contributed by atoms with Crippen molar-refractivity contribution in [3.05, 3.63) is 36.4 Å². The average molecular weight is 464 g/mol. The van der Waals surface area contributed by atoms with E-state index >= 15 is 0 Å². The summed E-state index contributed by atoms with van der Waals surface area (Å²) in [6.07, 6.45) is 13.9. The number of carbonyl (C=O) groups is 1. The molecular weight excluding hydrogens is 422 g/mol. The van der Waals surface area contributed by atoms with E-state index in [9.17, 15) is 4.79 Å². The van der Waals surface area contributed by atoms with Crippen molar-refractivity contribution >= 4 is 22.6 Å². The molecule has 1 amide bonds. The van der Waals surface area contributed by atoms with Crippen molar-refractivity contribution < 1.29 is 4.79 Å². The van der Waals surface area contributed by atoms with Crippen molar-refractivity contribution in [3.8, 4) is 0 Å². The molecule has 3 aliphatic rings. The lowest BCUT2D eigenvalue weighted by atomic mass is 9.74. The summed E-state index contributed by atoms with van der Waals surface area (Å²) < 4.78 is 0. The van der Waals surface area contributed by atoms with E-state index in [2.05, 4.69) is 41.0 Å². The molecule has 1 aromatic carbocycles. The first kappa shape index (κ1) is 23.6. The van der Waals surface area contributed by atoms with Crippen LogP contribution in [-0.4, -0.2) is 40.7 Å². The van der Waals surface area contributed by atoms with Gasteiger partial charge in [-0.25, -0.2) is 4.98 Å². The van der Waals surface area contributed by atoms with Crippen LogP contribution in [0.4, 0.5) is 5.82 Å². The zero-order valence-corrected chi connectivity index (χ0v) is 20.6. The number of nitrogens with one attached hydrogen (secondary N) is 2. The Hall–Kier alpha value is -2.18. The predicted octanol–water partition coefficient (Wildman–Crippen LogP) is 5.00. The Morgan fingerprint density at radius 3 is 2.65 bits per heavy atom. The van der Waals surface area contributed by atoms with Gasteiger partial charge in [-0.1, -0.05) is 63.1 Å². The normalized spacial score (nSPS) is 30.7. The van der Waals surface area contributed by atoms with Crippen LogP contribution in [0.15, 0.2) is 36.4 Å². The summed E-state index contributed by atoms with van der Waals surface area (Å²) in [5.74, 6) is 2.42. The van der Waals surface area contributed by atoms with Crippen LogP contribution in [0.3, 0.4) is 0 Å². The maximum absolute atomic E-state index is 13.4. The maximum atomic E-state index is 13.4. The second-order valence-electron chi connectivity index (χ2n) is 11.1. The largest absolute Gasteiger partial charge is 0.367 e. The van der Waals surface area contributed by atoms with Gasteiger partial charge in [0.15, 0.2) is 0 Å². The molecule has 2 aliphatic carbocycles. The van der Waals surface area contributed by atoms with Crippen LogP contribution in [0.5, 0.6) is 0 Å². The fraction of sp³-hybridized carbons (Fsp3) is 0.643. The van der Waals surface area contributed by atoms with Gasteiger partial charge in [-0.15, -0.1) is 0 Å². The Balaban J connectivity index is 1.25. The summed E-state index contributed by atoms with van der Waals surface area (Å²) in [4.78, 5) is 20.0. The van der Waals surface area contributed by atoms with Crippen LogP contribution in [-0.2, 0) is 4.79 Å². The molecule has 1 saturated heterocycles. The van der Waals surface area contributed by atoms with Gasteiger partial charge in [-0.05, 0) is 62.1 Å². The summed E-state index contributed by atoms with van der Waals surface area (Å²) in [7, 11) is 1.85. The monoisotopic (exact) mass is 463 g/mol. The van der Waals surface area contributed by atoms with Crippen LogP contribution in [0, 0.1) is 11.8 Å². The van der Waals surface area contributed by atoms with E-state index in [-0.39, 0.29) is 12.2 Å². The zero-order chi connectivity index (χ0) is 23.5. The number of likely N-dealkylation sites (N-methyl/N-ethyl adjacent to an activating group) is 1. The molecule has 2 heterocycles. The predicted molar refractivity (Wildman–Crippen MR) is 138 cm³/mol. The Bertz CT molecular complexity index is 990. The third kappa shape index (κ3) is 5.08. The molecule has 5 rings (SSSR count). The number of pyridine rings is 1. The van der Waals surface area contributed by atoms with Gasteiger partial charge < -0.3 is 10.2 Å². The van der Waals surface area contributed by atoms with Crippen molar-refractivity contribution in [3.63, 3.8) is 0 Å². The molecule has 1 aliphatic heterocycles. The van der Waals surface area contributed by atoms with Gasteiger partial charge in [0, 0.05) is 18.5 Å². The highest BCUT2D eigenvalue weighted by Crippen LogP contribution is 2.39. The van der Waals surface area contributed by atoms with Crippen LogP contribution < -0.4 is 16.4 Å². The van der Waals surface area contributed by atoms with Crippen molar-refractivity contribution in [1.82, 2.24) is 15.2 Å². The lowest BCUT2D eigenvalue weighted by molar-refractivity contribution is -0.133. The fourth-order valence-corrected chi connectivity index (χ4v) is 6.72. The minimum atomic E-state index is -0.501. The molecule has 0 bridgehead atoms. The molecule has 1 unspecified atom stereocenters. The Morgan fingerprint density at radius 2 is 1.85 bits per heavy atom. The second-order valence-corrected chi connectivity index (χ2v) is 11.1. The number of anilines is 1. The summed E-state index contributed by atoms with van der Waals surface area (Å²) in [6.45, 7) is 0. The number of fused-ring (bicyclic) bond motifs is 1. The van der Waals surface area contributed by atoms with Gasteiger partial charge in [-0.2, -0.15) is 0 Å². The van der Waals surface area contributed by atoms with Gasteiger partial charge in [0.25, 0.3) is 0 Å². The highest BCUT2D eigenvalue weighted by Gasteiger charge is 2.49. The van der Waals surface area contributed by atoms with E-state index in [1.54, 1.807) is 4.90 Å². The minimum absolute atomic E-state index is 0.196. The standard InChI is InChI=1S/C28H41N5O/c1-33-26(34)28(32-27(33)29,17-16-20-8-3-2-4-9-20)19-21-10-7-12-23(18-21)30-25-15-14-22-11-5-6-13-24(22)31-25/h5-6,11,13-15,20-21,23,27,32H,2-4,7-10,12,16-19,29H2,1H3,(H,30,31)/t21-,23+,27?,28+/m0/s1. The molecule has 0 spiro atoms. The summed E-state index contributed by atoms with van der Waals surface area (Å²) in [6, 6.07) is 12.9. The van der Waals surface area contributed by atoms with E-state index in [0.29, 0.717) is 12.0 Å². The molecule has 6 nitrogen and oxygen atoms in total. The number of hydrogen-bond acceptors (Lipinski definition) is 5. The number of rotatable bonds is 7. The molecule has 184 valence electrons. The van der Waals surface area contributed by atoms with Crippen LogP contribution >= 0.6 is 0 Å². The molecule has 34 heavy (non-hydrogen) atoms. The average Bonchev–Trinajstić information content (AvgIpc) is 3.07. The molecule has 0 radical (unpaired) electrons. The van der Waals surface area contributed by atoms with Crippen molar-refractivity contribution in [2.75, 3.05) is 12.4 Å². The summed E-state index contributed by atoms with van der Waals surface area (Å²) in [5, 5.41) is 8.43. The Morgan fingerprint density at radius 1 is 1.06 bits per heavy atom. The van der Waals surface area contributed by atoms with E-state index in [4.69, 9.17) is 10.7 Å². The van der Waals surface area contributed by atoms with Crippen LogP contribution in [0.1, 0.15) is 77.0 Å². The molecule has 2 aromatic rings. The molecule has 2 saturated carbocycles. The third-order valence-electron chi connectivity index (χ3n) is 8.65. The molecule has 4 N–H and O–H groups in total. The number of aromatic nitrogens is 1. The number of nitrogens with two attached hydrogens (primary N) is 1. The number of hydrogen-bond donors (Lipinski definition) is 3. The quantitative estimate of drug-likeness (QED) is 0.538. The highest BCUT2D eigenvalue weighted by molar-refractivity contribution is 5.88. The van der Waals surface area contributed by atoms with Crippen molar-refractivity contribution in [2.45, 2.75) is 94.9 Å². The summed E-state index contributed by atoms with van der Waals surface area (Å²) >= 11 is 0. The Labute approximate surface area is 204 Å². The second kappa shape index (κ2) is 10.2. The first-order valence-electron chi connectivity index (χ1n) is 13.5. The smallest absolute Gasteiger partial charge is 0.244 e. The molecule has 1 aromatic heterocycles. The van der Waals surface area contributed by atoms with Crippen LogP contribution in [0.25, 0.3) is 10.9 Å². The molecular formula is C28H41N5O. The lowest BCUT2D eigenvalue weighted by Crippen LogP contribution is -2.51. The van der Waals surface area contributed by atoms with Crippen LogP contribution in [0.2, 0.25) is 0 Å². The number of nitrogens with zero attached hydrogens (tertiary/aromatic N) is 2. The van der Waals surface area contributed by atoms with Crippen molar-refractivity contribution in [1.29, 1.82) is 0 Å². The number of carbonyl (C=O) groups excluding carboxylic acids is 1. The number of amides is 1. The topological polar surface area (TPSA) is 83.3 Å². The van der Waals surface area contributed by atoms with Gasteiger partial charge in [0.05, 0.1) is 5.52 Å². The lowest BCUT2D eigenvalue weighted by Gasteiger charge is -2.37. The number of para-hydroxylation sites is 1. The van der Waals surface area contributed by atoms with Gasteiger partial charge in [0.1, 0.15) is 17.6 Å². The molecule has 4 atom stereocenters. The highest BCUT2D eigenvalue weighted by atomic mass is 16.2. The molecule has 3 fully saturated rings. The summed E-state index contributed by atoms with van der Waals surface area (Å²) in [5.41, 5.74) is 6.83. The minimum Gasteiger partial charge on any atom is -0.367 e. The first-order valence-corrected chi connectivity index (χ1v) is 13.5. The zero-order valence-electron chi connectivity index (χ0n) is 20.6. The van der Waals surface area contributed by atoms with Gasteiger partial charge >= 0.3 is 0 Å². The van der Waals surface area contributed by atoms with Gasteiger partial charge in [0.2, 0.25) is 5.91 Å². The van der Waals surface area contributed by atoms with Gasteiger partial charge in [-0.3, -0.25) is 15.8 Å². The SMILES string of the molecule is CN1C(=O)[C@@](CCC2CCCCC2)(C[C@H]2CCC[C@@H](Nc3ccc4ccccc4n3)C2)NC1N. The van der Waals surface area contributed by atoms with E-state index in [0.717, 1.165) is 49.4 Å². The van der Waals surface area contributed by atoms with E-state index in [1.165, 1.54) is 50.3 Å². The van der Waals surface area contributed by atoms with Crippen molar-refractivity contribution in [2.24, 2.45) is 17.6 Å². The fourth-order valence-electron chi connectivity index (χ4n) is 6.72.